The number of piperidine rings is 1. The summed E-state index contributed by atoms with van der Waals surface area (Å²) in [6.07, 6.45) is 1.86. The maximum absolute atomic E-state index is 12.4. The number of benzene rings is 2. The molecule has 0 saturated carbocycles. The van der Waals surface area contributed by atoms with Crippen LogP contribution in [0.3, 0.4) is 0 Å². The van der Waals surface area contributed by atoms with Crippen LogP contribution in [-0.2, 0) is 16.1 Å². The lowest BCUT2D eigenvalue weighted by molar-refractivity contribution is -0.145. The highest BCUT2D eigenvalue weighted by molar-refractivity contribution is 5.95. The summed E-state index contributed by atoms with van der Waals surface area (Å²) in [6, 6.07) is 16.2. The number of para-hydroxylation sites is 2. The Hall–Kier alpha value is -2.37. The molecule has 4 rings (SSSR count). The number of nitrogens with zero attached hydrogens (tertiary/aromatic N) is 2. The fourth-order valence-electron chi connectivity index (χ4n) is 4.35. The fraction of sp³-hybridized carbons (Fsp3) is 0.435. The van der Waals surface area contributed by atoms with Gasteiger partial charge >= 0.3 is 0 Å². The zero-order valence-electron chi connectivity index (χ0n) is 16.7. The van der Waals surface area contributed by atoms with Crippen molar-refractivity contribution in [1.29, 1.82) is 0 Å². The number of aryl methyl sites for hydroxylation is 1. The van der Waals surface area contributed by atoms with Crippen molar-refractivity contribution in [3.8, 4) is 5.75 Å². The van der Waals surface area contributed by atoms with Crippen LogP contribution >= 0.6 is 0 Å². The van der Waals surface area contributed by atoms with Crippen LogP contribution in [0.2, 0.25) is 0 Å². The Morgan fingerprint density at radius 2 is 1.82 bits per heavy atom. The third-order valence-corrected chi connectivity index (χ3v) is 5.98. The molecule has 1 spiro atoms. The molecule has 0 radical (unpaired) electrons. The summed E-state index contributed by atoms with van der Waals surface area (Å²) in [7, 11) is 1.74. The summed E-state index contributed by atoms with van der Waals surface area (Å²) < 4.78 is 11.7. The van der Waals surface area contributed by atoms with Gasteiger partial charge in [-0.25, -0.2) is 0 Å². The molecule has 0 unspecified atom stereocenters. The van der Waals surface area contributed by atoms with Crippen molar-refractivity contribution < 1.29 is 14.3 Å². The second-order valence-corrected chi connectivity index (χ2v) is 7.83. The van der Waals surface area contributed by atoms with E-state index in [1.54, 1.807) is 7.11 Å². The van der Waals surface area contributed by atoms with E-state index in [-0.39, 0.29) is 18.1 Å². The molecule has 28 heavy (non-hydrogen) atoms. The van der Waals surface area contributed by atoms with Gasteiger partial charge in [0.05, 0.1) is 19.3 Å². The molecule has 2 aliphatic rings. The largest absolute Gasteiger partial charge is 0.496 e. The van der Waals surface area contributed by atoms with Crippen LogP contribution in [0.1, 0.15) is 24.0 Å². The molecule has 2 heterocycles. The lowest BCUT2D eigenvalue weighted by atomic mass is 9.88. The molecule has 5 heteroatoms. The Kier molecular flexibility index (Phi) is 5.38. The minimum Gasteiger partial charge on any atom is -0.496 e. The van der Waals surface area contributed by atoms with Crippen LogP contribution in [0.4, 0.5) is 5.69 Å². The van der Waals surface area contributed by atoms with Crippen LogP contribution < -0.4 is 9.64 Å². The van der Waals surface area contributed by atoms with Crippen molar-refractivity contribution in [1.82, 2.24) is 4.90 Å². The summed E-state index contributed by atoms with van der Waals surface area (Å²) in [5.41, 5.74) is 3.11. The van der Waals surface area contributed by atoms with Gasteiger partial charge in [-0.15, -0.1) is 0 Å². The highest BCUT2D eigenvalue weighted by Gasteiger charge is 2.42. The molecule has 0 atom stereocenters. The Morgan fingerprint density at radius 3 is 2.54 bits per heavy atom. The summed E-state index contributed by atoms with van der Waals surface area (Å²) in [5, 5.41) is 0. The number of morpholine rings is 1. The first kappa shape index (κ1) is 19.0. The van der Waals surface area contributed by atoms with Crippen molar-refractivity contribution >= 4 is 11.6 Å². The van der Waals surface area contributed by atoms with Gasteiger partial charge in [-0.05, 0) is 37.5 Å². The summed E-state index contributed by atoms with van der Waals surface area (Å²) in [5.74, 6) is 1.03. The van der Waals surface area contributed by atoms with Gasteiger partial charge in [0, 0.05) is 30.9 Å². The van der Waals surface area contributed by atoms with E-state index in [1.807, 2.05) is 35.2 Å². The molecule has 5 nitrogen and oxygen atoms in total. The van der Waals surface area contributed by atoms with Crippen molar-refractivity contribution in [2.75, 3.05) is 38.3 Å². The van der Waals surface area contributed by atoms with E-state index >= 15 is 0 Å². The van der Waals surface area contributed by atoms with Crippen LogP contribution in [0.5, 0.6) is 5.75 Å². The Labute approximate surface area is 166 Å². The van der Waals surface area contributed by atoms with E-state index in [0.717, 1.165) is 43.9 Å². The Bertz CT molecular complexity index is 829. The number of hydrogen-bond acceptors (Lipinski definition) is 4. The number of methoxy groups -OCH3 is 1. The van der Waals surface area contributed by atoms with E-state index in [1.165, 1.54) is 11.1 Å². The number of ether oxygens (including phenoxy) is 2. The minimum atomic E-state index is -0.239. The zero-order chi connectivity index (χ0) is 19.6. The average molecular weight is 380 g/mol. The van der Waals surface area contributed by atoms with Gasteiger partial charge in [-0.2, -0.15) is 0 Å². The fourth-order valence-corrected chi connectivity index (χ4v) is 4.35. The maximum Gasteiger partial charge on any atom is 0.253 e. The van der Waals surface area contributed by atoms with Gasteiger partial charge in [-0.3, -0.25) is 9.69 Å². The second kappa shape index (κ2) is 7.94. The third-order valence-electron chi connectivity index (χ3n) is 5.98. The standard InChI is InChI=1S/C23H28N2O3/c1-18-7-6-8-19(22(18)27-2)15-24-13-11-23(12-14-24)17-25(21(26)16-28-23)20-9-4-3-5-10-20/h3-10H,11-17H2,1-2H3. The molecule has 0 N–H and O–H groups in total. The van der Waals surface area contributed by atoms with Gasteiger partial charge < -0.3 is 14.4 Å². The van der Waals surface area contributed by atoms with E-state index in [9.17, 15) is 4.79 Å². The molecule has 2 aliphatic heterocycles. The molecule has 2 fully saturated rings. The van der Waals surface area contributed by atoms with Crippen LogP contribution in [-0.4, -0.2) is 49.8 Å². The van der Waals surface area contributed by atoms with Crippen molar-refractivity contribution in [2.45, 2.75) is 31.9 Å². The van der Waals surface area contributed by atoms with Crippen molar-refractivity contribution in [3.63, 3.8) is 0 Å². The molecule has 148 valence electrons. The smallest absolute Gasteiger partial charge is 0.253 e. The second-order valence-electron chi connectivity index (χ2n) is 7.83. The number of hydrogen-bond donors (Lipinski definition) is 0. The van der Waals surface area contributed by atoms with Crippen molar-refractivity contribution in [2.24, 2.45) is 0 Å². The molecule has 0 aromatic heterocycles. The van der Waals surface area contributed by atoms with Crippen LogP contribution in [0.15, 0.2) is 48.5 Å². The molecule has 0 bridgehead atoms. The van der Waals surface area contributed by atoms with Gasteiger partial charge in [0.15, 0.2) is 0 Å². The summed E-state index contributed by atoms with van der Waals surface area (Å²) in [4.78, 5) is 16.8. The zero-order valence-corrected chi connectivity index (χ0v) is 16.7. The summed E-state index contributed by atoms with van der Waals surface area (Å²) >= 11 is 0. The quantitative estimate of drug-likeness (QED) is 0.815. The first-order valence-electron chi connectivity index (χ1n) is 9.94. The highest BCUT2D eigenvalue weighted by Crippen LogP contribution is 2.34. The van der Waals surface area contributed by atoms with Crippen LogP contribution in [0.25, 0.3) is 0 Å². The number of rotatable bonds is 4. The predicted octanol–water partition coefficient (Wildman–Crippen LogP) is 3.40. The van der Waals surface area contributed by atoms with E-state index in [2.05, 4.69) is 30.0 Å². The van der Waals surface area contributed by atoms with E-state index in [0.29, 0.717) is 6.54 Å². The molecule has 2 aromatic rings. The topological polar surface area (TPSA) is 42.0 Å². The van der Waals surface area contributed by atoms with Gasteiger partial charge in [0.1, 0.15) is 12.4 Å². The first-order valence-corrected chi connectivity index (χ1v) is 9.94. The molecule has 0 aliphatic carbocycles. The number of anilines is 1. The van der Waals surface area contributed by atoms with Crippen molar-refractivity contribution in [3.05, 3.63) is 59.7 Å². The lowest BCUT2D eigenvalue weighted by Gasteiger charge is -2.47. The van der Waals surface area contributed by atoms with Crippen LogP contribution in [0, 0.1) is 6.92 Å². The number of likely N-dealkylation sites (tertiary alicyclic amines) is 1. The molecule has 2 aromatic carbocycles. The summed E-state index contributed by atoms with van der Waals surface area (Å²) in [6.45, 7) is 5.67. The molecule has 1 amide bonds. The van der Waals surface area contributed by atoms with Gasteiger partial charge in [0.25, 0.3) is 5.91 Å². The Balaban J connectivity index is 1.42. The SMILES string of the molecule is COc1c(C)cccc1CN1CCC2(CC1)CN(c1ccccc1)C(=O)CO2. The van der Waals surface area contributed by atoms with E-state index in [4.69, 9.17) is 9.47 Å². The highest BCUT2D eigenvalue weighted by atomic mass is 16.5. The molecule has 2 saturated heterocycles. The third kappa shape index (κ3) is 3.77. The van der Waals surface area contributed by atoms with E-state index < -0.39 is 0 Å². The number of amides is 1. The maximum atomic E-state index is 12.4. The molecular weight excluding hydrogens is 352 g/mol. The number of carbonyl (C=O) groups excluding carboxylic acids is 1. The lowest BCUT2D eigenvalue weighted by Crippen LogP contribution is -2.58. The predicted molar refractivity (Wildman–Crippen MR) is 110 cm³/mol. The normalized spacial score (nSPS) is 19.8. The monoisotopic (exact) mass is 380 g/mol. The number of carbonyl (C=O) groups is 1. The van der Waals surface area contributed by atoms with Gasteiger partial charge in [-0.1, -0.05) is 36.4 Å². The average Bonchev–Trinajstić information content (AvgIpc) is 2.73. The first-order chi connectivity index (χ1) is 13.6. The van der Waals surface area contributed by atoms with Gasteiger partial charge in [0.2, 0.25) is 0 Å². The molecular formula is C23H28N2O3. The minimum absolute atomic E-state index is 0.0451. The Morgan fingerprint density at radius 1 is 1.07 bits per heavy atom.